The highest BCUT2D eigenvalue weighted by Gasteiger charge is 2.14. The summed E-state index contributed by atoms with van der Waals surface area (Å²) in [6, 6.07) is 5.04. The zero-order valence-electron chi connectivity index (χ0n) is 10.8. The Morgan fingerprint density at radius 3 is 2.56 bits per heavy atom. The molecular formula is C13H20FN3O. The van der Waals surface area contributed by atoms with Crippen LogP contribution in [0.3, 0.4) is 0 Å². The number of primary amides is 1. The lowest BCUT2D eigenvalue weighted by molar-refractivity contribution is -0.119. The second-order valence-corrected chi connectivity index (χ2v) is 4.59. The minimum Gasteiger partial charge on any atom is -0.369 e. The average Bonchev–Trinajstić information content (AvgIpc) is 2.29. The first-order chi connectivity index (χ1) is 8.43. The second-order valence-electron chi connectivity index (χ2n) is 4.59. The Morgan fingerprint density at radius 1 is 1.44 bits per heavy atom. The molecule has 0 saturated heterocycles. The smallest absolute Gasteiger partial charge is 0.231 e. The fraction of sp³-hybridized carbons (Fsp3) is 0.462. The van der Waals surface area contributed by atoms with Crippen LogP contribution in [-0.4, -0.2) is 23.4 Å². The van der Waals surface area contributed by atoms with Crippen molar-refractivity contribution in [3.05, 3.63) is 35.1 Å². The van der Waals surface area contributed by atoms with Crippen molar-refractivity contribution in [1.82, 2.24) is 4.90 Å². The van der Waals surface area contributed by atoms with E-state index < -0.39 is 5.91 Å². The van der Waals surface area contributed by atoms with Crippen molar-refractivity contribution in [1.29, 1.82) is 0 Å². The molecule has 0 saturated carbocycles. The lowest BCUT2D eigenvalue weighted by Gasteiger charge is -2.25. The molecule has 18 heavy (non-hydrogen) atoms. The molecular weight excluding hydrogens is 233 g/mol. The van der Waals surface area contributed by atoms with E-state index in [-0.39, 0.29) is 18.4 Å². The molecule has 4 nitrogen and oxygen atoms in total. The largest absolute Gasteiger partial charge is 0.369 e. The summed E-state index contributed by atoms with van der Waals surface area (Å²) in [5, 5.41) is 0. The third-order valence-electron chi connectivity index (χ3n) is 2.82. The number of nitrogens with two attached hydrogens (primary N) is 2. The molecule has 0 atom stereocenters. The summed E-state index contributed by atoms with van der Waals surface area (Å²) < 4.78 is 13.8. The van der Waals surface area contributed by atoms with E-state index >= 15 is 0 Å². The molecule has 0 spiro atoms. The fourth-order valence-corrected chi connectivity index (χ4v) is 1.69. The molecule has 0 aliphatic rings. The predicted octanol–water partition coefficient (Wildman–Crippen LogP) is 0.980. The van der Waals surface area contributed by atoms with E-state index in [1.54, 1.807) is 12.1 Å². The highest BCUT2D eigenvalue weighted by atomic mass is 19.1. The summed E-state index contributed by atoms with van der Waals surface area (Å²) in [6.07, 6.45) is 0. The first-order valence-electron chi connectivity index (χ1n) is 5.93. The quantitative estimate of drug-likeness (QED) is 0.793. The van der Waals surface area contributed by atoms with Crippen LogP contribution in [0.4, 0.5) is 4.39 Å². The summed E-state index contributed by atoms with van der Waals surface area (Å²) >= 11 is 0. The Bertz CT molecular complexity index is 421. The normalized spacial score (nSPS) is 11.2. The van der Waals surface area contributed by atoms with Gasteiger partial charge in [-0.05, 0) is 25.5 Å². The highest BCUT2D eigenvalue weighted by molar-refractivity contribution is 5.75. The Morgan fingerprint density at radius 2 is 2.11 bits per heavy atom. The molecule has 1 aromatic carbocycles. The number of hydrogen-bond acceptors (Lipinski definition) is 3. The number of carbonyl (C=O) groups is 1. The van der Waals surface area contributed by atoms with Gasteiger partial charge in [-0.25, -0.2) is 4.39 Å². The first-order valence-corrected chi connectivity index (χ1v) is 5.93. The van der Waals surface area contributed by atoms with E-state index in [0.717, 1.165) is 5.56 Å². The molecule has 0 aliphatic carbocycles. The van der Waals surface area contributed by atoms with Gasteiger partial charge < -0.3 is 11.5 Å². The van der Waals surface area contributed by atoms with Crippen molar-refractivity contribution in [2.45, 2.75) is 33.0 Å². The van der Waals surface area contributed by atoms with Crippen LogP contribution < -0.4 is 11.5 Å². The monoisotopic (exact) mass is 253 g/mol. The van der Waals surface area contributed by atoms with Gasteiger partial charge >= 0.3 is 0 Å². The molecule has 4 N–H and O–H groups in total. The molecule has 1 rings (SSSR count). The maximum atomic E-state index is 13.8. The van der Waals surface area contributed by atoms with Crippen LogP contribution in [0.5, 0.6) is 0 Å². The summed E-state index contributed by atoms with van der Waals surface area (Å²) in [6.45, 7) is 4.67. The summed E-state index contributed by atoms with van der Waals surface area (Å²) in [7, 11) is 0. The maximum Gasteiger partial charge on any atom is 0.231 e. The number of amides is 1. The third-order valence-corrected chi connectivity index (χ3v) is 2.82. The number of halogens is 1. The Labute approximate surface area is 107 Å². The summed E-state index contributed by atoms with van der Waals surface area (Å²) in [5.41, 5.74) is 11.9. The van der Waals surface area contributed by atoms with Crippen LogP contribution >= 0.6 is 0 Å². The molecule has 0 heterocycles. The van der Waals surface area contributed by atoms with Crippen LogP contribution in [0.2, 0.25) is 0 Å². The van der Waals surface area contributed by atoms with Crippen molar-refractivity contribution < 1.29 is 9.18 Å². The van der Waals surface area contributed by atoms with Gasteiger partial charge in [0.25, 0.3) is 0 Å². The molecule has 100 valence electrons. The molecule has 5 heteroatoms. The number of carbonyl (C=O) groups excluding carboxylic acids is 1. The van der Waals surface area contributed by atoms with E-state index in [1.165, 1.54) is 6.07 Å². The van der Waals surface area contributed by atoms with Gasteiger partial charge in [0.1, 0.15) is 5.82 Å². The number of rotatable bonds is 6. The van der Waals surface area contributed by atoms with Gasteiger partial charge in [0.05, 0.1) is 6.54 Å². The van der Waals surface area contributed by atoms with E-state index in [4.69, 9.17) is 11.5 Å². The van der Waals surface area contributed by atoms with Crippen LogP contribution in [0.15, 0.2) is 18.2 Å². The molecule has 1 aromatic rings. The van der Waals surface area contributed by atoms with Gasteiger partial charge in [-0.15, -0.1) is 0 Å². The molecule has 0 aromatic heterocycles. The van der Waals surface area contributed by atoms with E-state index in [9.17, 15) is 9.18 Å². The number of benzene rings is 1. The Hall–Kier alpha value is -1.46. The average molecular weight is 253 g/mol. The van der Waals surface area contributed by atoms with Crippen molar-refractivity contribution in [3.63, 3.8) is 0 Å². The van der Waals surface area contributed by atoms with Gasteiger partial charge in [0.15, 0.2) is 0 Å². The Balaban J connectivity index is 2.83. The van der Waals surface area contributed by atoms with Gasteiger partial charge in [-0.2, -0.15) is 0 Å². The minimum atomic E-state index is -0.414. The van der Waals surface area contributed by atoms with E-state index in [2.05, 4.69) is 0 Å². The zero-order valence-corrected chi connectivity index (χ0v) is 10.8. The topological polar surface area (TPSA) is 72.3 Å². The van der Waals surface area contributed by atoms with Crippen molar-refractivity contribution in [2.24, 2.45) is 11.5 Å². The SMILES string of the molecule is CC(C)N(CC(N)=O)Cc1ccc(CN)cc1F. The van der Waals surface area contributed by atoms with Gasteiger partial charge in [-0.1, -0.05) is 12.1 Å². The van der Waals surface area contributed by atoms with Crippen LogP contribution in [0.1, 0.15) is 25.0 Å². The van der Waals surface area contributed by atoms with Gasteiger partial charge in [0.2, 0.25) is 5.91 Å². The molecule has 0 unspecified atom stereocenters. The molecule has 0 radical (unpaired) electrons. The third kappa shape index (κ3) is 4.09. The maximum absolute atomic E-state index is 13.8. The van der Waals surface area contributed by atoms with Gasteiger partial charge in [0, 0.05) is 24.7 Å². The second kappa shape index (κ2) is 6.47. The molecule has 0 fully saturated rings. The molecule has 0 aliphatic heterocycles. The lowest BCUT2D eigenvalue weighted by Crippen LogP contribution is -2.38. The molecule has 1 amide bonds. The van der Waals surface area contributed by atoms with Crippen molar-refractivity contribution in [2.75, 3.05) is 6.54 Å². The number of nitrogens with zero attached hydrogens (tertiary/aromatic N) is 1. The summed E-state index contributed by atoms with van der Waals surface area (Å²) in [5.74, 6) is -0.712. The van der Waals surface area contributed by atoms with Gasteiger partial charge in [-0.3, -0.25) is 9.69 Å². The molecule has 0 bridgehead atoms. The first kappa shape index (κ1) is 14.6. The fourth-order valence-electron chi connectivity index (χ4n) is 1.69. The van der Waals surface area contributed by atoms with Crippen molar-refractivity contribution >= 4 is 5.91 Å². The zero-order chi connectivity index (χ0) is 13.7. The van der Waals surface area contributed by atoms with Crippen LogP contribution in [0, 0.1) is 5.82 Å². The van der Waals surface area contributed by atoms with Crippen LogP contribution in [-0.2, 0) is 17.9 Å². The predicted molar refractivity (Wildman–Crippen MR) is 69.0 cm³/mol. The minimum absolute atomic E-state index is 0.117. The van der Waals surface area contributed by atoms with E-state index in [0.29, 0.717) is 18.7 Å². The van der Waals surface area contributed by atoms with Crippen molar-refractivity contribution in [3.8, 4) is 0 Å². The Kier molecular flexibility index (Phi) is 5.25. The lowest BCUT2D eigenvalue weighted by atomic mass is 10.1. The van der Waals surface area contributed by atoms with Crippen LogP contribution in [0.25, 0.3) is 0 Å². The highest BCUT2D eigenvalue weighted by Crippen LogP contribution is 2.14. The summed E-state index contributed by atoms with van der Waals surface area (Å²) in [4.78, 5) is 12.8. The standard InChI is InChI=1S/C13H20FN3O/c1-9(2)17(8-13(16)18)7-11-4-3-10(6-15)5-12(11)14/h3-5,9H,6-8,15H2,1-2H3,(H2,16,18). The number of hydrogen-bond donors (Lipinski definition) is 2. The van der Waals surface area contributed by atoms with E-state index in [1.807, 2.05) is 18.7 Å².